The minimum Gasteiger partial charge on any atom is -0.356 e. The minimum absolute atomic E-state index is 0.110. The second-order valence-corrected chi connectivity index (χ2v) is 5.03. The van der Waals surface area contributed by atoms with Gasteiger partial charge in [0.2, 0.25) is 5.91 Å². The van der Waals surface area contributed by atoms with Gasteiger partial charge in [-0.3, -0.25) is 4.79 Å². The van der Waals surface area contributed by atoms with E-state index in [-0.39, 0.29) is 18.1 Å². The standard InChI is InChI=1S/C17H15FN2O2/c18-13-7-5-12(6-8-13)9-10-19-17(21)11-15-14-3-1-2-4-16(14)22-20-15/h1-8H,9-11H2,(H,19,21). The van der Waals surface area contributed by atoms with E-state index in [1.807, 2.05) is 24.3 Å². The molecule has 22 heavy (non-hydrogen) atoms. The van der Waals surface area contributed by atoms with Crippen LogP contribution in [0.5, 0.6) is 0 Å². The number of nitrogens with one attached hydrogen (secondary N) is 1. The monoisotopic (exact) mass is 298 g/mol. The molecule has 0 aliphatic heterocycles. The Balaban J connectivity index is 1.53. The van der Waals surface area contributed by atoms with Gasteiger partial charge in [-0.1, -0.05) is 29.4 Å². The van der Waals surface area contributed by atoms with Crippen molar-refractivity contribution in [2.24, 2.45) is 0 Å². The molecule has 112 valence electrons. The first-order chi connectivity index (χ1) is 10.7. The van der Waals surface area contributed by atoms with Gasteiger partial charge in [0.05, 0.1) is 6.42 Å². The van der Waals surface area contributed by atoms with Crippen molar-refractivity contribution in [1.29, 1.82) is 0 Å². The van der Waals surface area contributed by atoms with Gasteiger partial charge < -0.3 is 9.84 Å². The van der Waals surface area contributed by atoms with Crippen LogP contribution in [0.3, 0.4) is 0 Å². The van der Waals surface area contributed by atoms with Crippen molar-refractivity contribution in [2.75, 3.05) is 6.54 Å². The van der Waals surface area contributed by atoms with E-state index in [1.54, 1.807) is 12.1 Å². The SMILES string of the molecule is O=C(Cc1noc2ccccc12)NCCc1ccc(F)cc1. The Kier molecular flexibility index (Phi) is 4.14. The second kappa shape index (κ2) is 6.39. The smallest absolute Gasteiger partial charge is 0.226 e. The number of carbonyl (C=O) groups is 1. The van der Waals surface area contributed by atoms with Crippen molar-refractivity contribution >= 4 is 16.9 Å². The molecule has 0 spiro atoms. The van der Waals surface area contributed by atoms with Crippen molar-refractivity contribution in [3.8, 4) is 0 Å². The van der Waals surface area contributed by atoms with Gasteiger partial charge >= 0.3 is 0 Å². The third kappa shape index (κ3) is 3.31. The van der Waals surface area contributed by atoms with Gasteiger partial charge in [0.1, 0.15) is 11.5 Å². The van der Waals surface area contributed by atoms with Crippen LogP contribution < -0.4 is 5.32 Å². The average Bonchev–Trinajstić information content (AvgIpc) is 2.93. The minimum atomic E-state index is -0.259. The first-order valence-electron chi connectivity index (χ1n) is 7.07. The fraction of sp³-hybridized carbons (Fsp3) is 0.176. The molecule has 1 amide bonds. The fourth-order valence-electron chi connectivity index (χ4n) is 2.28. The van der Waals surface area contributed by atoms with Gasteiger partial charge in [0, 0.05) is 11.9 Å². The molecule has 0 saturated carbocycles. The summed E-state index contributed by atoms with van der Waals surface area (Å²) in [4.78, 5) is 11.9. The number of aromatic nitrogens is 1. The van der Waals surface area contributed by atoms with Crippen LogP contribution in [-0.4, -0.2) is 17.6 Å². The van der Waals surface area contributed by atoms with E-state index in [0.717, 1.165) is 10.9 Å². The number of hydrogen-bond acceptors (Lipinski definition) is 3. The molecule has 0 saturated heterocycles. The van der Waals surface area contributed by atoms with Crippen molar-refractivity contribution in [1.82, 2.24) is 10.5 Å². The molecule has 1 aromatic heterocycles. The van der Waals surface area contributed by atoms with Crippen LogP contribution in [0.2, 0.25) is 0 Å². The lowest BCUT2D eigenvalue weighted by Gasteiger charge is -2.04. The molecule has 1 heterocycles. The van der Waals surface area contributed by atoms with Crippen LogP contribution in [0.4, 0.5) is 4.39 Å². The number of hydrogen-bond donors (Lipinski definition) is 1. The van der Waals surface area contributed by atoms with E-state index >= 15 is 0 Å². The summed E-state index contributed by atoms with van der Waals surface area (Å²) in [6.45, 7) is 0.500. The zero-order valence-electron chi connectivity index (χ0n) is 11.9. The predicted molar refractivity (Wildman–Crippen MR) is 80.8 cm³/mol. The summed E-state index contributed by atoms with van der Waals surface area (Å²) >= 11 is 0. The third-order valence-electron chi connectivity index (χ3n) is 3.43. The number of fused-ring (bicyclic) bond motifs is 1. The average molecular weight is 298 g/mol. The maximum absolute atomic E-state index is 12.8. The van der Waals surface area contributed by atoms with Gasteiger partial charge in [0.15, 0.2) is 5.58 Å². The number of benzene rings is 2. The van der Waals surface area contributed by atoms with Crippen LogP contribution in [0, 0.1) is 5.82 Å². The largest absolute Gasteiger partial charge is 0.356 e. The maximum atomic E-state index is 12.8. The highest BCUT2D eigenvalue weighted by atomic mass is 19.1. The molecule has 4 nitrogen and oxygen atoms in total. The Labute approximate surface area is 126 Å². The molecular formula is C17H15FN2O2. The normalized spacial score (nSPS) is 10.8. The quantitative estimate of drug-likeness (QED) is 0.788. The highest BCUT2D eigenvalue weighted by molar-refractivity contribution is 5.86. The van der Waals surface area contributed by atoms with Gasteiger partial charge in [0.25, 0.3) is 0 Å². The van der Waals surface area contributed by atoms with Crippen LogP contribution in [0.25, 0.3) is 11.0 Å². The van der Waals surface area contributed by atoms with E-state index in [1.165, 1.54) is 12.1 Å². The summed E-state index contributed by atoms with van der Waals surface area (Å²) < 4.78 is 18.0. The topological polar surface area (TPSA) is 55.1 Å². The van der Waals surface area contributed by atoms with Crippen LogP contribution in [-0.2, 0) is 17.6 Å². The number of halogens is 1. The first-order valence-corrected chi connectivity index (χ1v) is 7.07. The van der Waals surface area contributed by atoms with E-state index in [2.05, 4.69) is 10.5 Å². The Bertz CT molecular complexity index is 781. The molecule has 3 aromatic rings. The zero-order chi connectivity index (χ0) is 15.4. The fourth-order valence-corrected chi connectivity index (χ4v) is 2.28. The van der Waals surface area contributed by atoms with E-state index in [4.69, 9.17) is 4.52 Å². The Morgan fingerprint density at radius 3 is 2.73 bits per heavy atom. The van der Waals surface area contributed by atoms with E-state index in [0.29, 0.717) is 24.2 Å². The molecule has 0 aliphatic rings. The molecule has 0 bridgehead atoms. The molecule has 1 N–H and O–H groups in total. The number of nitrogens with zero attached hydrogens (tertiary/aromatic N) is 1. The second-order valence-electron chi connectivity index (χ2n) is 5.03. The Morgan fingerprint density at radius 1 is 1.14 bits per heavy atom. The molecule has 0 unspecified atom stereocenters. The highest BCUT2D eigenvalue weighted by Gasteiger charge is 2.11. The third-order valence-corrected chi connectivity index (χ3v) is 3.43. The van der Waals surface area contributed by atoms with E-state index < -0.39 is 0 Å². The van der Waals surface area contributed by atoms with Crippen molar-refractivity contribution < 1.29 is 13.7 Å². The van der Waals surface area contributed by atoms with Crippen LogP contribution in [0.1, 0.15) is 11.3 Å². The first kappa shape index (κ1) is 14.3. The molecule has 0 radical (unpaired) electrons. The Hall–Kier alpha value is -2.69. The summed E-state index contributed by atoms with van der Waals surface area (Å²) in [6.07, 6.45) is 0.839. The van der Waals surface area contributed by atoms with Gasteiger partial charge in [-0.15, -0.1) is 0 Å². The van der Waals surface area contributed by atoms with Gasteiger partial charge in [-0.2, -0.15) is 0 Å². The highest BCUT2D eigenvalue weighted by Crippen LogP contribution is 2.17. The number of carbonyl (C=O) groups excluding carboxylic acids is 1. The van der Waals surface area contributed by atoms with Gasteiger partial charge in [-0.25, -0.2) is 4.39 Å². The maximum Gasteiger partial charge on any atom is 0.226 e. The molecule has 3 rings (SSSR count). The summed E-state index contributed by atoms with van der Waals surface area (Å²) in [6, 6.07) is 13.7. The van der Waals surface area contributed by atoms with Crippen LogP contribution >= 0.6 is 0 Å². The summed E-state index contributed by atoms with van der Waals surface area (Å²) in [5, 5.41) is 7.63. The zero-order valence-corrected chi connectivity index (χ0v) is 11.9. The molecule has 2 aromatic carbocycles. The number of amides is 1. The summed E-state index contributed by atoms with van der Waals surface area (Å²) in [7, 11) is 0. The Morgan fingerprint density at radius 2 is 1.91 bits per heavy atom. The number of rotatable bonds is 5. The lowest BCUT2D eigenvalue weighted by Crippen LogP contribution is -2.27. The molecule has 5 heteroatoms. The van der Waals surface area contributed by atoms with Crippen molar-refractivity contribution in [3.05, 3.63) is 65.6 Å². The van der Waals surface area contributed by atoms with Crippen molar-refractivity contribution in [2.45, 2.75) is 12.8 Å². The molecule has 0 atom stereocenters. The predicted octanol–water partition coefficient (Wildman–Crippen LogP) is 2.87. The summed E-state index contributed by atoms with van der Waals surface area (Å²) in [5.41, 5.74) is 2.29. The van der Waals surface area contributed by atoms with Gasteiger partial charge in [-0.05, 0) is 36.2 Å². The number of para-hydroxylation sites is 1. The molecular weight excluding hydrogens is 283 g/mol. The van der Waals surface area contributed by atoms with Crippen LogP contribution in [0.15, 0.2) is 53.1 Å². The molecule has 0 aliphatic carbocycles. The van der Waals surface area contributed by atoms with Crippen molar-refractivity contribution in [3.63, 3.8) is 0 Å². The molecule has 0 fully saturated rings. The lowest BCUT2D eigenvalue weighted by atomic mass is 10.1. The van der Waals surface area contributed by atoms with E-state index in [9.17, 15) is 9.18 Å². The lowest BCUT2D eigenvalue weighted by molar-refractivity contribution is -0.120. The summed E-state index contributed by atoms with van der Waals surface area (Å²) in [5.74, 6) is -0.369.